The summed E-state index contributed by atoms with van der Waals surface area (Å²) >= 11 is 0. The molecular formula is C23H37N5O2. The van der Waals surface area contributed by atoms with Gasteiger partial charge in [0, 0.05) is 32.2 Å². The van der Waals surface area contributed by atoms with Gasteiger partial charge >= 0.3 is 0 Å². The number of aliphatic imine (C=N–C) groups is 1. The maximum atomic E-state index is 12.0. The number of benzene rings is 1. The lowest BCUT2D eigenvalue weighted by Gasteiger charge is -2.24. The fraction of sp³-hybridized carbons (Fsp3) is 0.652. The van der Waals surface area contributed by atoms with Crippen LogP contribution in [-0.2, 0) is 11.3 Å². The van der Waals surface area contributed by atoms with Gasteiger partial charge in [-0.3, -0.25) is 9.69 Å². The number of ether oxygens (including phenoxy) is 1. The summed E-state index contributed by atoms with van der Waals surface area (Å²) in [7, 11) is 3.53. The van der Waals surface area contributed by atoms with Crippen LogP contribution in [-0.4, -0.2) is 74.6 Å². The first-order valence-electron chi connectivity index (χ1n) is 11.2. The first-order chi connectivity index (χ1) is 14.6. The molecule has 2 fully saturated rings. The normalized spacial score (nSPS) is 19.6. The lowest BCUT2D eigenvalue weighted by atomic mass is 10.2. The van der Waals surface area contributed by atoms with E-state index < -0.39 is 0 Å². The van der Waals surface area contributed by atoms with Crippen LogP contribution < -0.4 is 15.4 Å². The number of rotatable bonds is 10. The van der Waals surface area contributed by atoms with E-state index in [0.717, 1.165) is 37.6 Å². The van der Waals surface area contributed by atoms with Crippen molar-refractivity contribution in [1.82, 2.24) is 20.4 Å². The lowest BCUT2D eigenvalue weighted by molar-refractivity contribution is -0.127. The average molecular weight is 416 g/mol. The molecule has 2 N–H and O–H groups in total. The van der Waals surface area contributed by atoms with Crippen molar-refractivity contribution >= 4 is 11.9 Å². The molecule has 0 aromatic heterocycles. The highest BCUT2D eigenvalue weighted by atomic mass is 16.5. The van der Waals surface area contributed by atoms with E-state index in [2.05, 4.69) is 28.5 Å². The second kappa shape index (κ2) is 11.2. The van der Waals surface area contributed by atoms with E-state index in [1.165, 1.54) is 25.7 Å². The highest BCUT2D eigenvalue weighted by molar-refractivity contribution is 5.86. The summed E-state index contributed by atoms with van der Waals surface area (Å²) in [5.74, 6) is 2.31. The third-order valence-electron chi connectivity index (χ3n) is 5.87. The zero-order valence-corrected chi connectivity index (χ0v) is 18.7. The molecule has 7 heteroatoms. The summed E-state index contributed by atoms with van der Waals surface area (Å²) < 4.78 is 6.02. The summed E-state index contributed by atoms with van der Waals surface area (Å²) in [6, 6.07) is 8.61. The number of hydrogen-bond donors (Lipinski definition) is 2. The number of guanidine groups is 1. The molecule has 2 aliphatic rings. The van der Waals surface area contributed by atoms with Gasteiger partial charge < -0.3 is 20.3 Å². The van der Waals surface area contributed by atoms with Gasteiger partial charge in [0.1, 0.15) is 5.75 Å². The van der Waals surface area contributed by atoms with Gasteiger partial charge in [-0.2, -0.15) is 0 Å². The van der Waals surface area contributed by atoms with E-state index in [-0.39, 0.29) is 12.5 Å². The molecule has 30 heavy (non-hydrogen) atoms. The predicted octanol–water partition coefficient (Wildman–Crippen LogP) is 2.08. The third-order valence-corrected chi connectivity index (χ3v) is 5.87. The van der Waals surface area contributed by atoms with Crippen molar-refractivity contribution in [3.05, 3.63) is 29.8 Å². The van der Waals surface area contributed by atoms with Crippen LogP contribution in [0.15, 0.2) is 29.3 Å². The fourth-order valence-electron chi connectivity index (χ4n) is 3.68. The zero-order valence-electron chi connectivity index (χ0n) is 18.7. The van der Waals surface area contributed by atoms with Crippen LogP contribution in [0.4, 0.5) is 0 Å². The summed E-state index contributed by atoms with van der Waals surface area (Å²) in [6.07, 6.45) is 4.98. The Morgan fingerprint density at radius 1 is 1.23 bits per heavy atom. The van der Waals surface area contributed by atoms with Gasteiger partial charge in [-0.1, -0.05) is 25.1 Å². The average Bonchev–Trinajstić information content (AvgIpc) is 3.47. The summed E-state index contributed by atoms with van der Waals surface area (Å²) in [6.45, 7) is 6.78. The van der Waals surface area contributed by atoms with Crippen molar-refractivity contribution in [3.63, 3.8) is 0 Å². The van der Waals surface area contributed by atoms with Crippen LogP contribution in [0.1, 0.15) is 38.2 Å². The zero-order chi connectivity index (χ0) is 21.3. The minimum Gasteiger partial charge on any atom is -0.493 e. The van der Waals surface area contributed by atoms with Crippen molar-refractivity contribution in [1.29, 1.82) is 0 Å². The van der Waals surface area contributed by atoms with Crippen molar-refractivity contribution in [2.75, 3.05) is 46.9 Å². The van der Waals surface area contributed by atoms with Crippen LogP contribution in [0.3, 0.4) is 0 Å². The highest BCUT2D eigenvalue weighted by Crippen LogP contribution is 2.30. The second-order valence-corrected chi connectivity index (χ2v) is 8.47. The number of amides is 1. The monoisotopic (exact) mass is 415 g/mol. The van der Waals surface area contributed by atoms with E-state index in [0.29, 0.717) is 24.5 Å². The minimum atomic E-state index is 0.0220. The number of nitrogens with zero attached hydrogens (tertiary/aromatic N) is 3. The Hall–Kier alpha value is -2.28. The summed E-state index contributed by atoms with van der Waals surface area (Å²) in [5, 5.41) is 6.65. The van der Waals surface area contributed by atoms with Gasteiger partial charge in [-0.25, -0.2) is 4.99 Å². The Morgan fingerprint density at radius 3 is 2.77 bits per heavy atom. The summed E-state index contributed by atoms with van der Waals surface area (Å²) in [5.41, 5.74) is 1.06. The van der Waals surface area contributed by atoms with E-state index in [1.807, 2.05) is 18.2 Å². The third kappa shape index (κ3) is 6.90. The van der Waals surface area contributed by atoms with Crippen molar-refractivity contribution in [2.24, 2.45) is 10.9 Å². The molecule has 0 bridgehead atoms. The van der Waals surface area contributed by atoms with E-state index in [9.17, 15) is 4.79 Å². The lowest BCUT2D eigenvalue weighted by Crippen LogP contribution is -2.47. The van der Waals surface area contributed by atoms with Crippen molar-refractivity contribution in [3.8, 4) is 5.75 Å². The number of carbonyl (C=O) groups is 1. The van der Waals surface area contributed by atoms with Crippen molar-refractivity contribution < 1.29 is 9.53 Å². The Balaban J connectivity index is 1.62. The molecule has 1 aromatic rings. The van der Waals surface area contributed by atoms with Crippen molar-refractivity contribution in [2.45, 2.75) is 45.2 Å². The Bertz CT molecular complexity index is 717. The minimum absolute atomic E-state index is 0.0220. The summed E-state index contributed by atoms with van der Waals surface area (Å²) in [4.78, 5) is 20.9. The number of likely N-dealkylation sites (tertiary alicyclic amines) is 1. The molecule has 1 amide bonds. The molecule has 1 aliphatic heterocycles. The molecule has 1 aliphatic carbocycles. The molecule has 0 radical (unpaired) electrons. The first-order valence-corrected chi connectivity index (χ1v) is 11.2. The molecule has 1 atom stereocenters. The van der Waals surface area contributed by atoms with Crippen LogP contribution >= 0.6 is 0 Å². The van der Waals surface area contributed by atoms with Gasteiger partial charge in [0.25, 0.3) is 0 Å². The smallest absolute Gasteiger partial charge is 0.241 e. The van der Waals surface area contributed by atoms with Gasteiger partial charge in [-0.15, -0.1) is 0 Å². The van der Waals surface area contributed by atoms with Crippen LogP contribution in [0.5, 0.6) is 5.75 Å². The Morgan fingerprint density at radius 2 is 2.03 bits per heavy atom. The quantitative estimate of drug-likeness (QED) is 0.452. The van der Waals surface area contributed by atoms with E-state index in [4.69, 9.17) is 9.73 Å². The van der Waals surface area contributed by atoms with Crippen LogP contribution in [0.2, 0.25) is 0 Å². The number of hydrogen-bond acceptors (Lipinski definition) is 4. The number of carbonyl (C=O) groups excluding carboxylic acids is 1. The second-order valence-electron chi connectivity index (χ2n) is 8.47. The van der Waals surface area contributed by atoms with Gasteiger partial charge in [0.15, 0.2) is 5.96 Å². The van der Waals surface area contributed by atoms with E-state index in [1.54, 1.807) is 19.0 Å². The fourth-order valence-corrected chi connectivity index (χ4v) is 3.68. The molecule has 1 saturated carbocycles. The predicted molar refractivity (Wildman–Crippen MR) is 121 cm³/mol. The van der Waals surface area contributed by atoms with Crippen LogP contribution in [0, 0.1) is 5.92 Å². The molecule has 1 saturated heterocycles. The molecule has 1 heterocycles. The standard InChI is InChI=1S/C23H37N5O2/c1-4-28-13-7-9-20(28)15-25-23(26-16-22(29)27(2)3)24-14-19-8-5-6-10-21(19)30-17-18-11-12-18/h5-6,8,10,18,20H,4,7,9,11-17H2,1-3H3,(H2,24,25,26). The molecule has 3 rings (SSSR count). The molecule has 1 unspecified atom stereocenters. The molecular weight excluding hydrogens is 378 g/mol. The van der Waals surface area contributed by atoms with Crippen LogP contribution in [0.25, 0.3) is 0 Å². The SMILES string of the molecule is CCN1CCCC1CNC(=NCc1ccccc1OCC1CC1)NCC(=O)N(C)C. The maximum Gasteiger partial charge on any atom is 0.241 e. The van der Waals surface area contributed by atoms with Gasteiger partial charge in [0.2, 0.25) is 5.91 Å². The number of likely N-dealkylation sites (N-methyl/N-ethyl adjacent to an activating group) is 2. The Kier molecular flexibility index (Phi) is 8.37. The topological polar surface area (TPSA) is 69.2 Å². The number of nitrogens with one attached hydrogen (secondary N) is 2. The van der Waals surface area contributed by atoms with Gasteiger partial charge in [0.05, 0.1) is 19.7 Å². The highest BCUT2D eigenvalue weighted by Gasteiger charge is 2.23. The first kappa shape index (κ1) is 22.4. The Labute approximate surface area is 180 Å². The molecule has 0 spiro atoms. The maximum absolute atomic E-state index is 12.0. The van der Waals surface area contributed by atoms with Gasteiger partial charge in [-0.05, 0) is 50.8 Å². The number of para-hydroxylation sites is 1. The molecule has 1 aromatic carbocycles. The largest absolute Gasteiger partial charge is 0.493 e. The molecule has 7 nitrogen and oxygen atoms in total. The van der Waals surface area contributed by atoms with E-state index >= 15 is 0 Å². The molecule has 166 valence electrons.